The normalized spacial score (nSPS) is 33.2. The van der Waals surface area contributed by atoms with Crippen LogP contribution in [0.25, 0.3) is 0 Å². The van der Waals surface area contributed by atoms with Crippen molar-refractivity contribution in [1.29, 1.82) is 0 Å². The average molecular weight is 731 g/mol. The summed E-state index contributed by atoms with van der Waals surface area (Å²) in [6.07, 6.45) is 3.59. The Morgan fingerprint density at radius 2 is 1.27 bits per heavy atom. The molecule has 0 amide bonds. The minimum atomic E-state index is -1.77. The Bertz CT molecular complexity index is 1250. The van der Waals surface area contributed by atoms with E-state index in [1.54, 1.807) is 21.5 Å². The van der Waals surface area contributed by atoms with Crippen molar-refractivity contribution in [2.24, 2.45) is 0 Å². The van der Waals surface area contributed by atoms with Gasteiger partial charge in [-0.15, -0.1) is 17.2 Å². The fourth-order valence-corrected chi connectivity index (χ4v) is 19.9. The van der Waals surface area contributed by atoms with Crippen LogP contribution in [0.3, 0.4) is 0 Å². The molecular formula is C37H64FeO3P2Si2. The molecule has 0 spiro atoms. The summed E-state index contributed by atoms with van der Waals surface area (Å²) in [5.74, 6) is -1.23. The van der Waals surface area contributed by atoms with Gasteiger partial charge in [0, 0.05) is 26.3 Å². The van der Waals surface area contributed by atoms with Gasteiger partial charge in [0.2, 0.25) is 0 Å². The molecule has 0 saturated carbocycles. The molecule has 5 atom stereocenters. The van der Waals surface area contributed by atoms with Crippen molar-refractivity contribution in [1.82, 2.24) is 0 Å². The van der Waals surface area contributed by atoms with E-state index < -0.39 is 27.7 Å². The second kappa shape index (κ2) is 12.3. The maximum absolute atomic E-state index is 7.16. The van der Waals surface area contributed by atoms with Crippen molar-refractivity contribution in [2.75, 3.05) is 6.16 Å². The third-order valence-corrected chi connectivity index (χ3v) is 19.2. The van der Waals surface area contributed by atoms with E-state index in [0.29, 0.717) is 0 Å². The van der Waals surface area contributed by atoms with Gasteiger partial charge in [-0.25, -0.2) is 18.2 Å². The van der Waals surface area contributed by atoms with E-state index in [-0.39, 0.29) is 51.9 Å². The quantitative estimate of drug-likeness (QED) is 0.169. The fraction of sp³-hybridized carbons (Fsp3) is 0.730. The van der Waals surface area contributed by atoms with Crippen LogP contribution in [0.5, 0.6) is 0 Å². The Morgan fingerprint density at radius 3 is 1.58 bits per heavy atom. The molecule has 6 rings (SSSR count). The first-order valence-corrected chi connectivity index (χ1v) is 26.1. The van der Waals surface area contributed by atoms with Gasteiger partial charge in [-0.1, -0.05) is 87.0 Å². The van der Waals surface area contributed by atoms with Crippen LogP contribution in [-0.2, 0) is 42.9 Å². The molecule has 0 aliphatic carbocycles. The van der Waals surface area contributed by atoms with Gasteiger partial charge in [-0.3, -0.25) is 0 Å². The van der Waals surface area contributed by atoms with Crippen LogP contribution in [0.4, 0.5) is 0 Å². The first-order valence-electron chi connectivity index (χ1n) is 16.8. The smallest absolute Gasteiger partial charge is 0.343 e. The summed E-state index contributed by atoms with van der Waals surface area (Å²) >= 11 is 0. The summed E-state index contributed by atoms with van der Waals surface area (Å²) in [6, 6.07) is 12.7. The van der Waals surface area contributed by atoms with Gasteiger partial charge in [0.1, 0.15) is 0 Å². The van der Waals surface area contributed by atoms with E-state index in [4.69, 9.17) is 14.2 Å². The number of hydrogen-bond donors (Lipinski definition) is 0. The minimum Gasteiger partial charge on any atom is -0.343 e. The van der Waals surface area contributed by atoms with Crippen LogP contribution in [0, 0.1) is 0 Å². The molecule has 45 heavy (non-hydrogen) atoms. The number of hydrogen-bond acceptors (Lipinski definition) is 3. The van der Waals surface area contributed by atoms with Crippen LogP contribution in [-0.4, -0.2) is 55.4 Å². The molecule has 4 aliphatic heterocycles. The van der Waals surface area contributed by atoms with E-state index in [1.807, 2.05) is 30.3 Å². The Kier molecular flexibility index (Phi) is 10.9. The summed E-state index contributed by atoms with van der Waals surface area (Å²) in [5.41, 5.74) is 2.17. The summed E-state index contributed by atoms with van der Waals surface area (Å²) in [7, 11) is -0.521. The van der Waals surface area contributed by atoms with Gasteiger partial charge in [-0.2, -0.15) is 39.7 Å². The first-order chi connectivity index (χ1) is 19.7. The molecule has 4 fully saturated rings. The van der Waals surface area contributed by atoms with Crippen molar-refractivity contribution < 1.29 is 31.3 Å². The molecule has 8 heteroatoms. The zero-order valence-electron chi connectivity index (χ0n) is 31.4. The standard InChI is InChI=1S/C32H59O3P2Si2.C5H5.Fe/c1-26(2,3)37(27(4,5)6)18-22-17-23(38(11,12)13)25(39(14,15)16)24(22)32(21-36)28(7)19-30(9)34-29(32,8)20-31(10,33-28)35-30;1-2-4-5-3-1;/h17H,18-21,36H2,1-16H3;1-5H;/q2*-1;+2. The molecule has 4 bridgehead atoms. The monoisotopic (exact) mass is 730 g/mol. The van der Waals surface area contributed by atoms with Crippen molar-refractivity contribution in [3.05, 3.63) is 47.5 Å². The molecule has 0 N–H and O–H groups in total. The number of ether oxygens (including phenoxy) is 3. The van der Waals surface area contributed by atoms with E-state index in [9.17, 15) is 0 Å². The molecule has 4 aliphatic rings. The third kappa shape index (κ3) is 7.05. The van der Waals surface area contributed by atoms with Crippen LogP contribution >= 0.6 is 17.2 Å². The van der Waals surface area contributed by atoms with Crippen molar-refractivity contribution in [3.63, 3.8) is 0 Å². The molecule has 5 unspecified atom stereocenters. The molecule has 256 valence electrons. The van der Waals surface area contributed by atoms with E-state index in [0.717, 1.165) is 25.2 Å². The molecule has 4 heterocycles. The third-order valence-electron chi connectivity index (χ3n) is 10.4. The molecule has 4 saturated heterocycles. The predicted molar refractivity (Wildman–Crippen MR) is 203 cm³/mol. The SMILES string of the molecule is CC12CC3(C)OC(C)(CC(C)(O1)C3(CP)c1c(CP(C(C)(C)C)C(C)(C)C)cc([Si](C)(C)C)[c-]1[Si](C)(C)C)O2.[Fe+2].c1cc[cH-]c1. The molecular weight excluding hydrogens is 666 g/mol. The van der Waals surface area contributed by atoms with Gasteiger partial charge in [-0.05, 0) is 44.2 Å². The molecule has 2 aromatic rings. The van der Waals surface area contributed by atoms with Gasteiger partial charge in [0.25, 0.3) is 0 Å². The maximum Gasteiger partial charge on any atom is 2.00 e. The van der Waals surface area contributed by atoms with Crippen LogP contribution in [0.15, 0.2) is 36.4 Å². The first kappa shape index (κ1) is 39.8. The summed E-state index contributed by atoms with van der Waals surface area (Å²) in [4.78, 5) is 0. The van der Waals surface area contributed by atoms with Crippen molar-refractivity contribution in [3.8, 4) is 0 Å². The Morgan fingerprint density at radius 1 is 0.822 bits per heavy atom. The molecule has 3 nitrogen and oxygen atoms in total. The Hall–Kier alpha value is 0.393. The zero-order chi connectivity index (χ0) is 33.6. The maximum atomic E-state index is 7.16. The molecule has 2 aromatic carbocycles. The van der Waals surface area contributed by atoms with Crippen LogP contribution in [0.1, 0.15) is 93.2 Å². The van der Waals surface area contributed by atoms with Gasteiger partial charge in [0.15, 0.2) is 11.6 Å². The van der Waals surface area contributed by atoms with Gasteiger partial charge in [0.05, 0.1) is 19.3 Å². The molecule has 0 radical (unpaired) electrons. The van der Waals surface area contributed by atoms with E-state index >= 15 is 0 Å². The summed E-state index contributed by atoms with van der Waals surface area (Å²) in [6.45, 7) is 39.2. The second-order valence-corrected chi connectivity index (χ2v) is 33.0. The van der Waals surface area contributed by atoms with Crippen molar-refractivity contribution in [2.45, 2.75) is 166 Å². The Labute approximate surface area is 293 Å². The largest absolute Gasteiger partial charge is 2.00 e. The minimum absolute atomic E-state index is 0. The average Bonchev–Trinajstić information content (AvgIpc) is 3.45. The second-order valence-electron chi connectivity index (χ2n) is 18.7. The van der Waals surface area contributed by atoms with Crippen molar-refractivity contribution >= 4 is 43.7 Å². The summed E-state index contributed by atoms with van der Waals surface area (Å²) < 4.78 is 20.8. The predicted octanol–water partition coefficient (Wildman–Crippen LogP) is 9.41. The van der Waals surface area contributed by atoms with Gasteiger partial charge < -0.3 is 14.2 Å². The van der Waals surface area contributed by atoms with E-state index in [1.165, 1.54) is 0 Å². The number of rotatable bonds is 6. The zero-order valence-corrected chi connectivity index (χ0v) is 36.5. The van der Waals surface area contributed by atoms with Gasteiger partial charge >= 0.3 is 17.1 Å². The molecule has 0 aromatic heterocycles. The van der Waals surface area contributed by atoms with E-state index in [2.05, 4.69) is 124 Å². The fourth-order valence-electron chi connectivity index (χ4n) is 9.56. The Balaban J connectivity index is 0.000000837. The summed E-state index contributed by atoms with van der Waals surface area (Å²) in [5, 5.41) is 3.93. The van der Waals surface area contributed by atoms with Crippen LogP contribution in [0.2, 0.25) is 39.3 Å². The topological polar surface area (TPSA) is 27.7 Å². The van der Waals surface area contributed by atoms with Crippen LogP contribution < -0.4 is 10.4 Å².